The molecule has 0 radical (unpaired) electrons. The molecular formula is C17H16N2OS. The van der Waals surface area contributed by atoms with E-state index in [1.165, 1.54) is 17.3 Å². The minimum Gasteiger partial charge on any atom is -0.283 e. The van der Waals surface area contributed by atoms with E-state index < -0.39 is 0 Å². The summed E-state index contributed by atoms with van der Waals surface area (Å²) in [7, 11) is 0. The minimum absolute atomic E-state index is 0.0190. The molecule has 3 nitrogen and oxygen atoms in total. The van der Waals surface area contributed by atoms with E-state index >= 15 is 0 Å². The molecule has 0 spiro atoms. The third-order valence-corrected chi connectivity index (χ3v) is 4.15. The fourth-order valence-electron chi connectivity index (χ4n) is 2.32. The van der Waals surface area contributed by atoms with Crippen molar-refractivity contribution in [1.82, 2.24) is 9.55 Å². The number of thioether (sulfide) groups is 1. The van der Waals surface area contributed by atoms with E-state index in [1.807, 2.05) is 30.5 Å². The van der Waals surface area contributed by atoms with Crippen LogP contribution in [0.15, 0.2) is 58.5 Å². The highest BCUT2D eigenvalue weighted by Crippen LogP contribution is 2.16. The predicted octanol–water partition coefficient (Wildman–Crippen LogP) is 3.48. The Labute approximate surface area is 127 Å². The highest BCUT2D eigenvalue weighted by molar-refractivity contribution is 7.98. The first-order chi connectivity index (χ1) is 10.2. The molecule has 0 fully saturated rings. The second-order valence-electron chi connectivity index (χ2n) is 4.99. The Morgan fingerprint density at radius 3 is 2.52 bits per heavy atom. The molecule has 0 saturated carbocycles. The monoisotopic (exact) mass is 296 g/mol. The van der Waals surface area contributed by atoms with Crippen molar-refractivity contribution in [1.29, 1.82) is 0 Å². The Kier molecular flexibility index (Phi) is 3.80. The lowest BCUT2D eigenvalue weighted by Gasteiger charge is -2.12. The molecule has 4 heteroatoms. The summed E-state index contributed by atoms with van der Waals surface area (Å²) in [6.07, 6.45) is 1.95. The van der Waals surface area contributed by atoms with Gasteiger partial charge in [-0.1, -0.05) is 53.7 Å². The lowest BCUT2D eigenvalue weighted by atomic mass is 10.1. The normalized spacial score (nSPS) is 11.0. The van der Waals surface area contributed by atoms with Gasteiger partial charge in [-0.15, -0.1) is 0 Å². The molecule has 21 heavy (non-hydrogen) atoms. The number of nitrogens with zero attached hydrogens (tertiary/aromatic N) is 2. The summed E-state index contributed by atoms with van der Waals surface area (Å²) in [4.78, 5) is 17.3. The number of aryl methyl sites for hydroxylation is 1. The van der Waals surface area contributed by atoms with Crippen LogP contribution < -0.4 is 5.56 Å². The lowest BCUT2D eigenvalue weighted by Crippen LogP contribution is -2.23. The van der Waals surface area contributed by atoms with E-state index in [1.54, 1.807) is 4.57 Å². The summed E-state index contributed by atoms with van der Waals surface area (Å²) >= 11 is 1.50. The van der Waals surface area contributed by atoms with Gasteiger partial charge >= 0.3 is 0 Å². The third-order valence-electron chi connectivity index (χ3n) is 3.47. The number of fused-ring (bicyclic) bond motifs is 1. The van der Waals surface area contributed by atoms with E-state index in [0.717, 1.165) is 16.2 Å². The van der Waals surface area contributed by atoms with Gasteiger partial charge in [-0.3, -0.25) is 9.36 Å². The minimum atomic E-state index is 0.0190. The lowest BCUT2D eigenvalue weighted by molar-refractivity contribution is 0.659. The molecule has 3 rings (SSSR count). The van der Waals surface area contributed by atoms with Gasteiger partial charge in [0, 0.05) is 0 Å². The molecule has 0 aliphatic heterocycles. The molecule has 1 aromatic heterocycles. The molecule has 2 aromatic carbocycles. The van der Waals surface area contributed by atoms with Gasteiger partial charge < -0.3 is 0 Å². The summed E-state index contributed by atoms with van der Waals surface area (Å²) in [5.41, 5.74) is 3.10. The van der Waals surface area contributed by atoms with E-state index in [0.29, 0.717) is 11.9 Å². The van der Waals surface area contributed by atoms with Crippen molar-refractivity contribution in [2.45, 2.75) is 18.6 Å². The van der Waals surface area contributed by atoms with Gasteiger partial charge in [-0.05, 0) is 30.9 Å². The van der Waals surface area contributed by atoms with Crippen LogP contribution in [-0.2, 0) is 6.54 Å². The SMILES string of the molecule is CSc1nc2ccccc2c(=O)n1Cc1ccc(C)cc1. The molecule has 0 N–H and O–H groups in total. The number of hydrogen-bond acceptors (Lipinski definition) is 3. The van der Waals surface area contributed by atoms with Gasteiger partial charge in [0.25, 0.3) is 5.56 Å². The Morgan fingerprint density at radius 2 is 1.81 bits per heavy atom. The van der Waals surface area contributed by atoms with E-state index in [4.69, 9.17) is 0 Å². The summed E-state index contributed by atoms with van der Waals surface area (Å²) < 4.78 is 1.75. The highest BCUT2D eigenvalue weighted by atomic mass is 32.2. The van der Waals surface area contributed by atoms with Crippen LogP contribution in [0.3, 0.4) is 0 Å². The number of benzene rings is 2. The van der Waals surface area contributed by atoms with Crippen LogP contribution in [0, 0.1) is 6.92 Å². The molecule has 3 aromatic rings. The van der Waals surface area contributed by atoms with Gasteiger partial charge in [-0.2, -0.15) is 0 Å². The Bertz CT molecular complexity index is 838. The smallest absolute Gasteiger partial charge is 0.262 e. The molecule has 0 unspecified atom stereocenters. The first-order valence-corrected chi connectivity index (χ1v) is 8.00. The van der Waals surface area contributed by atoms with Gasteiger partial charge in [0.1, 0.15) is 0 Å². The van der Waals surface area contributed by atoms with Crippen molar-refractivity contribution >= 4 is 22.7 Å². The predicted molar refractivity (Wildman–Crippen MR) is 88.1 cm³/mol. The fourth-order valence-corrected chi connectivity index (χ4v) is 2.88. The van der Waals surface area contributed by atoms with Gasteiger partial charge in [0.2, 0.25) is 0 Å². The van der Waals surface area contributed by atoms with E-state index in [-0.39, 0.29) is 5.56 Å². The van der Waals surface area contributed by atoms with Gasteiger partial charge in [0.05, 0.1) is 17.4 Å². The Balaban J connectivity index is 2.14. The average molecular weight is 296 g/mol. The largest absolute Gasteiger partial charge is 0.283 e. The number of para-hydroxylation sites is 1. The van der Waals surface area contributed by atoms with Crippen molar-refractivity contribution in [3.8, 4) is 0 Å². The summed E-state index contributed by atoms with van der Waals surface area (Å²) in [6, 6.07) is 15.7. The average Bonchev–Trinajstić information content (AvgIpc) is 2.52. The van der Waals surface area contributed by atoms with Crippen molar-refractivity contribution in [2.24, 2.45) is 0 Å². The number of hydrogen-bond donors (Lipinski definition) is 0. The standard InChI is InChI=1S/C17H16N2OS/c1-12-7-9-13(10-8-12)11-19-16(20)14-5-3-4-6-15(14)18-17(19)21-2/h3-10H,11H2,1-2H3. The van der Waals surface area contributed by atoms with Crippen molar-refractivity contribution in [3.05, 3.63) is 70.0 Å². The molecule has 106 valence electrons. The first-order valence-electron chi connectivity index (χ1n) is 6.78. The second kappa shape index (κ2) is 5.74. The zero-order chi connectivity index (χ0) is 14.8. The molecule has 0 aliphatic carbocycles. The van der Waals surface area contributed by atoms with E-state index in [9.17, 15) is 4.79 Å². The van der Waals surface area contributed by atoms with Crippen LogP contribution in [0.2, 0.25) is 0 Å². The molecular weight excluding hydrogens is 280 g/mol. The fraction of sp³-hybridized carbons (Fsp3) is 0.176. The quantitative estimate of drug-likeness (QED) is 0.548. The van der Waals surface area contributed by atoms with Crippen LogP contribution in [0.1, 0.15) is 11.1 Å². The van der Waals surface area contributed by atoms with Crippen LogP contribution in [0.25, 0.3) is 10.9 Å². The summed E-state index contributed by atoms with van der Waals surface area (Å²) in [5, 5.41) is 1.42. The summed E-state index contributed by atoms with van der Waals surface area (Å²) in [6.45, 7) is 2.61. The first kappa shape index (κ1) is 13.9. The van der Waals surface area contributed by atoms with Crippen molar-refractivity contribution in [3.63, 3.8) is 0 Å². The topological polar surface area (TPSA) is 34.9 Å². The maximum atomic E-state index is 12.7. The van der Waals surface area contributed by atoms with Crippen LogP contribution in [0.4, 0.5) is 0 Å². The Hall–Kier alpha value is -2.07. The molecule has 0 saturated heterocycles. The molecule has 0 bridgehead atoms. The number of rotatable bonds is 3. The van der Waals surface area contributed by atoms with Crippen molar-refractivity contribution in [2.75, 3.05) is 6.26 Å². The maximum Gasteiger partial charge on any atom is 0.262 e. The highest BCUT2D eigenvalue weighted by Gasteiger charge is 2.10. The zero-order valence-corrected chi connectivity index (χ0v) is 12.9. The molecule has 0 atom stereocenters. The maximum absolute atomic E-state index is 12.7. The van der Waals surface area contributed by atoms with Gasteiger partial charge in [0.15, 0.2) is 5.16 Å². The van der Waals surface area contributed by atoms with Crippen LogP contribution >= 0.6 is 11.8 Å². The van der Waals surface area contributed by atoms with E-state index in [2.05, 4.69) is 36.2 Å². The van der Waals surface area contributed by atoms with Gasteiger partial charge in [-0.25, -0.2) is 4.98 Å². The molecule has 0 amide bonds. The zero-order valence-electron chi connectivity index (χ0n) is 12.0. The van der Waals surface area contributed by atoms with Crippen LogP contribution in [-0.4, -0.2) is 15.8 Å². The van der Waals surface area contributed by atoms with Crippen LogP contribution in [0.5, 0.6) is 0 Å². The van der Waals surface area contributed by atoms with Crippen molar-refractivity contribution < 1.29 is 0 Å². The molecule has 0 aliphatic rings. The Morgan fingerprint density at radius 1 is 1.10 bits per heavy atom. The second-order valence-corrected chi connectivity index (χ2v) is 5.77. The summed E-state index contributed by atoms with van der Waals surface area (Å²) in [5.74, 6) is 0. The number of aromatic nitrogens is 2. The molecule has 1 heterocycles. The third kappa shape index (κ3) is 2.72.